The van der Waals surface area contributed by atoms with Crippen LogP contribution in [0.5, 0.6) is 0 Å². The molecule has 0 bridgehead atoms. The van der Waals surface area contributed by atoms with E-state index in [-0.39, 0.29) is 0 Å². The maximum Gasteiger partial charge on any atom is 0.262 e. The Hall–Kier alpha value is -1.47. The molecule has 1 aliphatic rings. The molecule has 0 saturated heterocycles. The maximum absolute atomic E-state index is 13.5. The lowest BCUT2D eigenvalue weighted by atomic mass is 10.2. The van der Waals surface area contributed by atoms with E-state index in [2.05, 4.69) is 32.1 Å². The van der Waals surface area contributed by atoms with Crippen LogP contribution in [0.3, 0.4) is 0 Å². The van der Waals surface area contributed by atoms with Gasteiger partial charge in [0.2, 0.25) is 0 Å². The third kappa shape index (κ3) is 5.38. The molecule has 0 atom stereocenters. The van der Waals surface area contributed by atoms with E-state index in [0.29, 0.717) is 16.7 Å². The molecule has 0 spiro atoms. The summed E-state index contributed by atoms with van der Waals surface area (Å²) in [4.78, 5) is 11.7. The molecule has 1 amide bonds. The first-order valence-corrected chi connectivity index (χ1v) is 8.24. The Bertz CT molecular complexity index is 588. The van der Waals surface area contributed by atoms with Crippen LogP contribution in [-0.2, 0) is 4.79 Å². The Labute approximate surface area is 142 Å². The van der Waals surface area contributed by atoms with Gasteiger partial charge >= 0.3 is 0 Å². The minimum absolute atomic E-state index is 0.330. The molecule has 2 rings (SSSR count). The normalized spacial score (nSPS) is 15.0. The first kappa shape index (κ1) is 16.9. The number of nitrogens with one attached hydrogen (secondary N) is 3. The molecule has 1 aromatic rings. The number of halogens is 2. The van der Waals surface area contributed by atoms with Gasteiger partial charge in [0.1, 0.15) is 5.82 Å². The number of thiocarbonyl (C=S) groups is 1. The lowest BCUT2D eigenvalue weighted by Gasteiger charge is -2.15. The highest BCUT2D eigenvalue weighted by atomic mass is 79.9. The van der Waals surface area contributed by atoms with Crippen molar-refractivity contribution in [3.63, 3.8) is 0 Å². The van der Waals surface area contributed by atoms with Crippen molar-refractivity contribution in [2.24, 2.45) is 0 Å². The number of hydrazine groups is 1. The van der Waals surface area contributed by atoms with Gasteiger partial charge in [-0.1, -0.05) is 28.8 Å². The van der Waals surface area contributed by atoms with Gasteiger partial charge in [-0.2, -0.15) is 0 Å². The fourth-order valence-electron chi connectivity index (χ4n) is 2.26. The number of hydrogen-bond donors (Lipinski definition) is 3. The van der Waals surface area contributed by atoms with Crippen molar-refractivity contribution in [1.29, 1.82) is 0 Å². The van der Waals surface area contributed by atoms with Gasteiger partial charge in [0.25, 0.3) is 5.91 Å². The van der Waals surface area contributed by atoms with E-state index < -0.39 is 11.7 Å². The first-order valence-electron chi connectivity index (χ1n) is 7.04. The molecule has 0 heterocycles. The highest BCUT2D eigenvalue weighted by Gasteiger charge is 2.15. The zero-order chi connectivity index (χ0) is 15.9. The number of rotatable bonds is 3. The lowest BCUT2D eigenvalue weighted by Crippen LogP contribution is -2.48. The zero-order valence-electron chi connectivity index (χ0n) is 11.9. The molecular weight excluding hydrogens is 369 g/mol. The zero-order valence-corrected chi connectivity index (χ0v) is 14.3. The first-order chi connectivity index (χ1) is 10.5. The summed E-state index contributed by atoms with van der Waals surface area (Å²) in [6.07, 6.45) is 7.25. The van der Waals surface area contributed by atoms with Crippen LogP contribution in [0.25, 0.3) is 6.08 Å². The fraction of sp³-hybridized carbons (Fsp3) is 0.333. The van der Waals surface area contributed by atoms with Gasteiger partial charge in [-0.05, 0) is 49.3 Å². The van der Waals surface area contributed by atoms with Gasteiger partial charge < -0.3 is 5.32 Å². The van der Waals surface area contributed by atoms with Crippen molar-refractivity contribution in [3.05, 3.63) is 40.1 Å². The van der Waals surface area contributed by atoms with Crippen molar-refractivity contribution < 1.29 is 9.18 Å². The summed E-state index contributed by atoms with van der Waals surface area (Å²) in [5.74, 6) is -0.798. The van der Waals surface area contributed by atoms with E-state index in [0.717, 1.165) is 17.3 Å². The van der Waals surface area contributed by atoms with Gasteiger partial charge in [0, 0.05) is 22.2 Å². The second kappa shape index (κ2) is 8.24. The van der Waals surface area contributed by atoms with Crippen molar-refractivity contribution in [2.45, 2.75) is 31.7 Å². The van der Waals surface area contributed by atoms with Gasteiger partial charge in [-0.3, -0.25) is 15.6 Å². The molecule has 118 valence electrons. The molecule has 3 N–H and O–H groups in total. The molecule has 22 heavy (non-hydrogen) atoms. The van der Waals surface area contributed by atoms with Crippen LogP contribution in [0, 0.1) is 5.82 Å². The number of hydrogen-bond acceptors (Lipinski definition) is 2. The summed E-state index contributed by atoms with van der Waals surface area (Å²) >= 11 is 8.35. The minimum Gasteiger partial charge on any atom is -0.359 e. The molecule has 7 heteroatoms. The molecule has 1 fully saturated rings. The molecule has 0 aromatic heterocycles. The van der Waals surface area contributed by atoms with E-state index in [4.69, 9.17) is 12.2 Å². The highest BCUT2D eigenvalue weighted by Crippen LogP contribution is 2.17. The largest absolute Gasteiger partial charge is 0.359 e. The average molecular weight is 386 g/mol. The topological polar surface area (TPSA) is 53.2 Å². The van der Waals surface area contributed by atoms with Crippen molar-refractivity contribution in [1.82, 2.24) is 16.2 Å². The molecule has 1 aliphatic carbocycles. The molecular formula is C15H17BrFN3OS. The summed E-state index contributed by atoms with van der Waals surface area (Å²) in [6, 6.07) is 4.91. The Morgan fingerprint density at radius 2 is 2.05 bits per heavy atom. The van der Waals surface area contributed by atoms with E-state index in [9.17, 15) is 9.18 Å². The van der Waals surface area contributed by atoms with Crippen molar-refractivity contribution >= 4 is 45.2 Å². The van der Waals surface area contributed by atoms with Crippen LogP contribution >= 0.6 is 28.1 Å². The third-order valence-corrected chi connectivity index (χ3v) is 4.08. The molecule has 1 saturated carbocycles. The summed E-state index contributed by atoms with van der Waals surface area (Å²) in [7, 11) is 0. The van der Waals surface area contributed by atoms with Crippen LogP contribution in [0.2, 0.25) is 0 Å². The predicted octanol–water partition coefficient (Wildman–Crippen LogP) is 3.04. The Morgan fingerprint density at radius 1 is 1.32 bits per heavy atom. The monoisotopic (exact) mass is 385 g/mol. The van der Waals surface area contributed by atoms with Gasteiger partial charge in [-0.25, -0.2) is 4.39 Å². The smallest absolute Gasteiger partial charge is 0.262 e. The molecule has 1 aromatic carbocycles. The Morgan fingerprint density at radius 3 is 2.77 bits per heavy atom. The second-order valence-electron chi connectivity index (χ2n) is 5.07. The minimum atomic E-state index is -0.407. The van der Waals surface area contributed by atoms with E-state index in [1.807, 2.05) is 0 Å². The SMILES string of the molecule is O=C(/C=C/c1cc(Br)ccc1F)NNC(=S)NC1CCCC1. The quantitative estimate of drug-likeness (QED) is 0.425. The summed E-state index contributed by atoms with van der Waals surface area (Å²) in [5.41, 5.74) is 5.42. The Kier molecular flexibility index (Phi) is 6.33. The van der Waals surface area contributed by atoms with E-state index >= 15 is 0 Å². The van der Waals surface area contributed by atoms with Crippen molar-refractivity contribution in [3.8, 4) is 0 Å². The number of carbonyl (C=O) groups is 1. The third-order valence-electron chi connectivity index (χ3n) is 3.36. The molecule has 0 radical (unpaired) electrons. The standard InChI is InChI=1S/C15H17BrFN3OS/c16-11-6-7-13(17)10(9-11)5-8-14(21)19-20-15(22)18-12-3-1-2-4-12/h5-9,12H,1-4H2,(H,19,21)(H2,18,20,22)/b8-5+. The molecule has 0 unspecified atom stereocenters. The molecule has 4 nitrogen and oxygen atoms in total. The summed E-state index contributed by atoms with van der Waals surface area (Å²) in [6.45, 7) is 0. The highest BCUT2D eigenvalue weighted by molar-refractivity contribution is 9.10. The van der Waals surface area contributed by atoms with Crippen LogP contribution in [-0.4, -0.2) is 17.1 Å². The summed E-state index contributed by atoms with van der Waals surface area (Å²) < 4.78 is 14.3. The number of amides is 1. The lowest BCUT2D eigenvalue weighted by molar-refractivity contribution is -0.116. The van der Waals surface area contributed by atoms with Crippen LogP contribution in [0.4, 0.5) is 4.39 Å². The number of benzene rings is 1. The van der Waals surface area contributed by atoms with Gasteiger partial charge in [-0.15, -0.1) is 0 Å². The molecule has 0 aliphatic heterocycles. The van der Waals surface area contributed by atoms with Crippen LogP contribution in [0.1, 0.15) is 31.2 Å². The van der Waals surface area contributed by atoms with Crippen LogP contribution in [0.15, 0.2) is 28.7 Å². The van der Waals surface area contributed by atoms with Gasteiger partial charge in [0.15, 0.2) is 5.11 Å². The average Bonchev–Trinajstić information content (AvgIpc) is 2.99. The van der Waals surface area contributed by atoms with Crippen molar-refractivity contribution in [2.75, 3.05) is 0 Å². The van der Waals surface area contributed by atoms with Crippen LogP contribution < -0.4 is 16.2 Å². The van der Waals surface area contributed by atoms with E-state index in [1.165, 1.54) is 31.1 Å². The second-order valence-corrected chi connectivity index (χ2v) is 6.39. The maximum atomic E-state index is 13.5. The predicted molar refractivity (Wildman–Crippen MR) is 92.4 cm³/mol. The summed E-state index contributed by atoms with van der Waals surface area (Å²) in [5, 5.41) is 3.53. The van der Waals surface area contributed by atoms with Gasteiger partial charge in [0.05, 0.1) is 0 Å². The van der Waals surface area contributed by atoms with E-state index in [1.54, 1.807) is 12.1 Å². The number of carbonyl (C=O) groups excluding carboxylic acids is 1. The Balaban J connectivity index is 1.78. The fourth-order valence-corrected chi connectivity index (χ4v) is 2.86.